The molecule has 0 fully saturated rings. The Hall–Kier alpha value is 0.596. The summed E-state index contributed by atoms with van der Waals surface area (Å²) >= 11 is 0. The third-order valence-electron chi connectivity index (χ3n) is 0.513. The summed E-state index contributed by atoms with van der Waals surface area (Å²) in [5.74, 6) is -0.442. The second-order valence-electron chi connectivity index (χ2n) is 1.12. The Morgan fingerprint density at radius 3 is 2.67 bits per heavy atom. The number of esters is 1. The third-order valence-corrected chi connectivity index (χ3v) is 0.513. The monoisotopic (exact) mass is 152 g/mol. The van der Waals surface area contributed by atoms with Gasteiger partial charge in [0, 0.05) is 0 Å². The van der Waals surface area contributed by atoms with Crippen molar-refractivity contribution in [2.75, 3.05) is 13.2 Å². The summed E-state index contributed by atoms with van der Waals surface area (Å²) in [6, 6.07) is 0. The minimum absolute atomic E-state index is 0. The van der Waals surface area contributed by atoms with Crippen molar-refractivity contribution < 1.29 is 60.9 Å². The SMILES string of the molecule is [C-]#[N+]CC(=O)OCC.[K+]. The summed E-state index contributed by atoms with van der Waals surface area (Å²) in [7, 11) is 0. The van der Waals surface area contributed by atoms with E-state index in [0.717, 1.165) is 0 Å². The van der Waals surface area contributed by atoms with Crippen LogP contribution in [0.5, 0.6) is 0 Å². The largest absolute Gasteiger partial charge is 1.00 e. The van der Waals surface area contributed by atoms with Gasteiger partial charge in [-0.05, 0) is 6.92 Å². The smallest absolute Gasteiger partial charge is 0.460 e. The van der Waals surface area contributed by atoms with Crippen molar-refractivity contribution in [2.45, 2.75) is 6.92 Å². The maximum atomic E-state index is 10.2. The fourth-order valence-corrected chi connectivity index (χ4v) is 0.271. The van der Waals surface area contributed by atoms with Gasteiger partial charge in [0.1, 0.15) is 0 Å². The van der Waals surface area contributed by atoms with Gasteiger partial charge in [0.25, 0.3) is 0 Å². The molecule has 0 aromatic heterocycles. The van der Waals surface area contributed by atoms with Crippen molar-refractivity contribution in [2.24, 2.45) is 0 Å². The fourth-order valence-electron chi connectivity index (χ4n) is 0.271. The zero-order chi connectivity index (χ0) is 6.41. The Morgan fingerprint density at radius 2 is 2.33 bits per heavy atom. The predicted octanol–water partition coefficient (Wildman–Crippen LogP) is -2.53. The van der Waals surface area contributed by atoms with Gasteiger partial charge in [0.15, 0.2) is 0 Å². The number of carbonyl (C=O) groups is 1. The van der Waals surface area contributed by atoms with Gasteiger partial charge >= 0.3 is 63.9 Å². The molecule has 0 aromatic rings. The minimum Gasteiger partial charge on any atom is -0.460 e. The van der Waals surface area contributed by atoms with Crippen LogP contribution in [0.15, 0.2) is 0 Å². The molecule has 3 nitrogen and oxygen atoms in total. The van der Waals surface area contributed by atoms with E-state index in [0.29, 0.717) is 6.61 Å². The van der Waals surface area contributed by atoms with Crippen LogP contribution in [0.2, 0.25) is 0 Å². The van der Waals surface area contributed by atoms with Gasteiger partial charge in [-0.3, -0.25) is 0 Å². The summed E-state index contributed by atoms with van der Waals surface area (Å²) in [4.78, 5) is 13.0. The van der Waals surface area contributed by atoms with Gasteiger partial charge in [-0.1, -0.05) is 0 Å². The summed E-state index contributed by atoms with van der Waals surface area (Å²) < 4.78 is 4.43. The molecule has 0 saturated carbocycles. The van der Waals surface area contributed by atoms with E-state index in [-0.39, 0.29) is 57.9 Å². The van der Waals surface area contributed by atoms with Gasteiger partial charge < -0.3 is 9.58 Å². The molecule has 0 aliphatic carbocycles. The molecule has 0 amide bonds. The Morgan fingerprint density at radius 1 is 1.78 bits per heavy atom. The molecule has 0 radical (unpaired) electrons. The number of carbonyl (C=O) groups excluding carboxylic acids is 1. The molecule has 0 saturated heterocycles. The molecule has 0 rings (SSSR count). The van der Waals surface area contributed by atoms with Crippen molar-refractivity contribution in [3.05, 3.63) is 11.4 Å². The van der Waals surface area contributed by atoms with Crippen molar-refractivity contribution in [3.8, 4) is 0 Å². The molecule has 44 valence electrons. The number of rotatable bonds is 2. The summed E-state index contributed by atoms with van der Waals surface area (Å²) in [5.41, 5.74) is 0. The van der Waals surface area contributed by atoms with E-state index in [9.17, 15) is 4.79 Å². The Balaban J connectivity index is 0. The van der Waals surface area contributed by atoms with E-state index >= 15 is 0 Å². The maximum absolute atomic E-state index is 10.2. The van der Waals surface area contributed by atoms with Crippen LogP contribution < -0.4 is 51.4 Å². The van der Waals surface area contributed by atoms with E-state index in [1.54, 1.807) is 6.92 Å². The standard InChI is InChI=1S/C5H7NO2.K/c1-3-8-5(7)4-6-2;/h3-4H2,1H3;/q;+1. The predicted molar refractivity (Wildman–Crippen MR) is 28.1 cm³/mol. The van der Waals surface area contributed by atoms with Crippen molar-refractivity contribution >= 4 is 5.97 Å². The topological polar surface area (TPSA) is 30.7 Å². The van der Waals surface area contributed by atoms with Gasteiger partial charge in [0.2, 0.25) is 0 Å². The first kappa shape index (κ1) is 12.3. The molecule has 0 N–H and O–H groups in total. The molecule has 0 aliphatic rings. The second-order valence-corrected chi connectivity index (χ2v) is 1.12. The first-order valence-corrected chi connectivity index (χ1v) is 2.30. The molecular weight excluding hydrogens is 145 g/mol. The molecular formula is C5H7KNO2+. The van der Waals surface area contributed by atoms with Crippen LogP contribution in [0.4, 0.5) is 0 Å². The normalized spacial score (nSPS) is 6.67. The number of nitrogens with zero attached hydrogens (tertiary/aromatic N) is 1. The summed E-state index contributed by atoms with van der Waals surface area (Å²) in [5, 5.41) is 0. The summed E-state index contributed by atoms with van der Waals surface area (Å²) in [6.07, 6.45) is 0. The third kappa shape index (κ3) is 8.60. The molecule has 9 heavy (non-hydrogen) atoms. The first-order chi connectivity index (χ1) is 3.81. The van der Waals surface area contributed by atoms with Crippen LogP contribution >= 0.6 is 0 Å². The first-order valence-electron chi connectivity index (χ1n) is 2.30. The quantitative estimate of drug-likeness (QED) is 0.248. The number of ether oxygens (including phenoxy) is 1. The summed E-state index contributed by atoms with van der Waals surface area (Å²) in [6.45, 7) is 8.14. The van der Waals surface area contributed by atoms with Crippen LogP contribution in [0.1, 0.15) is 6.92 Å². The van der Waals surface area contributed by atoms with Crippen LogP contribution in [-0.4, -0.2) is 19.1 Å². The van der Waals surface area contributed by atoms with Gasteiger partial charge in [-0.2, -0.15) is 0 Å². The van der Waals surface area contributed by atoms with Crippen molar-refractivity contribution in [1.29, 1.82) is 0 Å². The van der Waals surface area contributed by atoms with Gasteiger partial charge in [0.05, 0.1) is 6.61 Å². The van der Waals surface area contributed by atoms with Gasteiger partial charge in [-0.15, -0.1) is 0 Å². The van der Waals surface area contributed by atoms with E-state index in [1.807, 2.05) is 0 Å². The number of hydrogen-bond acceptors (Lipinski definition) is 2. The van der Waals surface area contributed by atoms with E-state index in [4.69, 9.17) is 6.57 Å². The molecule has 0 aliphatic heterocycles. The number of hydrogen-bond donors (Lipinski definition) is 0. The van der Waals surface area contributed by atoms with Crippen molar-refractivity contribution in [1.82, 2.24) is 0 Å². The molecule has 0 heterocycles. The second kappa shape index (κ2) is 8.60. The zero-order valence-corrected chi connectivity index (χ0v) is 8.80. The molecule has 0 bridgehead atoms. The molecule has 4 heteroatoms. The van der Waals surface area contributed by atoms with Gasteiger partial charge in [-0.25, -0.2) is 11.4 Å². The average molecular weight is 152 g/mol. The zero-order valence-electron chi connectivity index (χ0n) is 5.68. The Kier molecular flexibility index (Phi) is 11.7. The Bertz CT molecular complexity index is 119. The van der Waals surface area contributed by atoms with E-state index in [2.05, 4.69) is 9.58 Å². The van der Waals surface area contributed by atoms with Crippen LogP contribution in [0, 0.1) is 6.57 Å². The van der Waals surface area contributed by atoms with Crippen LogP contribution in [0.25, 0.3) is 4.85 Å². The van der Waals surface area contributed by atoms with E-state index in [1.165, 1.54) is 0 Å². The molecule has 0 atom stereocenters. The van der Waals surface area contributed by atoms with Crippen molar-refractivity contribution in [3.63, 3.8) is 0 Å². The maximum Gasteiger partial charge on any atom is 1.00 e. The average Bonchev–Trinajstić information content (AvgIpc) is 1.68. The molecule has 0 spiro atoms. The van der Waals surface area contributed by atoms with E-state index < -0.39 is 5.97 Å². The minimum atomic E-state index is -0.442. The molecule has 0 aromatic carbocycles. The van der Waals surface area contributed by atoms with Crippen LogP contribution in [-0.2, 0) is 9.53 Å². The fraction of sp³-hybridized carbons (Fsp3) is 0.600. The Labute approximate surface area is 97.0 Å². The molecule has 0 unspecified atom stereocenters. The van der Waals surface area contributed by atoms with Crippen LogP contribution in [0.3, 0.4) is 0 Å².